The third-order valence-electron chi connectivity index (χ3n) is 2.72. The van der Waals surface area contributed by atoms with E-state index in [1.807, 2.05) is 0 Å². The van der Waals surface area contributed by atoms with E-state index >= 15 is 0 Å². The van der Waals surface area contributed by atoms with Gasteiger partial charge >= 0.3 is 0 Å². The van der Waals surface area contributed by atoms with Crippen molar-refractivity contribution in [2.24, 2.45) is 0 Å². The van der Waals surface area contributed by atoms with Crippen molar-refractivity contribution in [3.8, 4) is 0 Å². The lowest BCUT2D eigenvalue weighted by Gasteiger charge is -2.14. The van der Waals surface area contributed by atoms with Crippen molar-refractivity contribution in [1.29, 1.82) is 0 Å². The minimum atomic E-state index is 0.385. The van der Waals surface area contributed by atoms with Crippen LogP contribution in [0.3, 0.4) is 0 Å². The van der Waals surface area contributed by atoms with Crippen molar-refractivity contribution in [1.82, 2.24) is 9.97 Å². The Morgan fingerprint density at radius 2 is 1.95 bits per heavy atom. The maximum absolute atomic E-state index is 5.48. The highest BCUT2D eigenvalue weighted by atomic mass is 127. The molecule has 0 saturated carbocycles. The van der Waals surface area contributed by atoms with E-state index in [1.54, 1.807) is 7.11 Å². The molecule has 0 spiro atoms. The minimum absolute atomic E-state index is 0.385. The first-order valence-corrected chi connectivity index (χ1v) is 8.04. The van der Waals surface area contributed by atoms with E-state index in [9.17, 15) is 0 Å². The lowest BCUT2D eigenvalue weighted by molar-refractivity contribution is 0.0716. The van der Waals surface area contributed by atoms with Crippen LogP contribution in [-0.4, -0.2) is 43.4 Å². The number of nitrogens with one attached hydrogen (secondary N) is 1. The van der Waals surface area contributed by atoms with Crippen LogP contribution in [0.1, 0.15) is 38.2 Å². The van der Waals surface area contributed by atoms with Crippen molar-refractivity contribution >= 4 is 28.4 Å². The predicted octanol–water partition coefficient (Wildman–Crippen LogP) is 2.84. The average molecular weight is 393 g/mol. The summed E-state index contributed by atoms with van der Waals surface area (Å²) in [5.41, 5.74) is 1.10. The van der Waals surface area contributed by atoms with Crippen LogP contribution in [0, 0.1) is 3.57 Å². The van der Waals surface area contributed by atoms with Crippen LogP contribution in [0.4, 0.5) is 5.82 Å². The van der Waals surface area contributed by atoms with Crippen molar-refractivity contribution in [3.63, 3.8) is 0 Å². The standard InChI is InChI=1S/C14H24IN3O2/c1-5-16-14-12(15)13(10(2)3)17-11(18-14)6-7-20-9-8-19-4/h10H,5-9H2,1-4H3,(H,16,17,18). The molecule has 0 fully saturated rings. The lowest BCUT2D eigenvalue weighted by atomic mass is 10.1. The summed E-state index contributed by atoms with van der Waals surface area (Å²) in [4.78, 5) is 9.24. The van der Waals surface area contributed by atoms with Gasteiger partial charge in [0.1, 0.15) is 11.6 Å². The second-order valence-electron chi connectivity index (χ2n) is 4.73. The van der Waals surface area contributed by atoms with Crippen molar-refractivity contribution < 1.29 is 9.47 Å². The maximum Gasteiger partial charge on any atom is 0.143 e. The summed E-state index contributed by atoms with van der Waals surface area (Å²) in [6, 6.07) is 0. The Kier molecular flexibility index (Phi) is 8.32. The molecule has 0 atom stereocenters. The molecule has 20 heavy (non-hydrogen) atoms. The van der Waals surface area contributed by atoms with E-state index in [0.717, 1.165) is 33.9 Å². The van der Waals surface area contributed by atoms with E-state index in [2.05, 4.69) is 58.6 Å². The number of rotatable bonds is 9. The van der Waals surface area contributed by atoms with E-state index in [-0.39, 0.29) is 0 Å². The number of hydrogen-bond acceptors (Lipinski definition) is 5. The molecule has 6 heteroatoms. The summed E-state index contributed by atoms with van der Waals surface area (Å²) in [5.74, 6) is 2.15. The van der Waals surface area contributed by atoms with Crippen molar-refractivity contribution in [2.45, 2.75) is 33.1 Å². The normalized spacial score (nSPS) is 11.1. The molecule has 1 aromatic heterocycles. The average Bonchev–Trinajstić information content (AvgIpc) is 2.41. The highest BCUT2D eigenvalue weighted by molar-refractivity contribution is 14.1. The van der Waals surface area contributed by atoms with E-state index in [0.29, 0.717) is 25.7 Å². The summed E-state index contributed by atoms with van der Waals surface area (Å²) in [7, 11) is 1.67. The molecule has 0 bridgehead atoms. The van der Waals surface area contributed by atoms with Gasteiger partial charge in [-0.2, -0.15) is 0 Å². The second-order valence-corrected chi connectivity index (χ2v) is 5.81. The maximum atomic E-state index is 5.48. The number of anilines is 1. The van der Waals surface area contributed by atoms with Gasteiger partial charge in [-0.1, -0.05) is 13.8 Å². The quantitative estimate of drug-likeness (QED) is 0.517. The van der Waals surface area contributed by atoms with E-state index < -0.39 is 0 Å². The fourth-order valence-corrected chi connectivity index (χ4v) is 2.75. The Morgan fingerprint density at radius 3 is 2.55 bits per heavy atom. The number of ether oxygens (including phenoxy) is 2. The van der Waals surface area contributed by atoms with Gasteiger partial charge in [-0.3, -0.25) is 0 Å². The highest BCUT2D eigenvalue weighted by Crippen LogP contribution is 2.25. The van der Waals surface area contributed by atoms with Gasteiger partial charge in [-0.25, -0.2) is 9.97 Å². The number of hydrogen-bond donors (Lipinski definition) is 1. The largest absolute Gasteiger partial charge is 0.382 e. The summed E-state index contributed by atoms with van der Waals surface area (Å²) in [5, 5.41) is 3.30. The Balaban J connectivity index is 2.74. The first-order chi connectivity index (χ1) is 9.60. The zero-order chi connectivity index (χ0) is 15.0. The van der Waals surface area contributed by atoms with Crippen LogP contribution in [-0.2, 0) is 15.9 Å². The molecule has 0 aliphatic rings. The Labute approximate surface area is 135 Å². The van der Waals surface area contributed by atoms with Gasteiger partial charge in [-0.05, 0) is 35.4 Å². The molecule has 0 unspecified atom stereocenters. The molecule has 114 valence electrons. The number of methoxy groups -OCH3 is 1. The summed E-state index contributed by atoms with van der Waals surface area (Å²) in [6.07, 6.45) is 0.721. The molecule has 0 aliphatic carbocycles. The monoisotopic (exact) mass is 393 g/mol. The van der Waals surface area contributed by atoms with Crippen LogP contribution < -0.4 is 5.32 Å². The summed E-state index contributed by atoms with van der Waals surface area (Å²) in [6.45, 7) is 9.08. The molecule has 0 radical (unpaired) electrons. The van der Waals surface area contributed by atoms with Gasteiger partial charge in [-0.15, -0.1) is 0 Å². The Bertz CT molecular complexity index is 414. The zero-order valence-electron chi connectivity index (χ0n) is 12.7. The molecule has 0 saturated heterocycles. The zero-order valence-corrected chi connectivity index (χ0v) is 14.9. The highest BCUT2D eigenvalue weighted by Gasteiger charge is 2.14. The molecule has 0 amide bonds. The number of aromatic nitrogens is 2. The number of halogens is 1. The Morgan fingerprint density at radius 1 is 1.20 bits per heavy atom. The van der Waals surface area contributed by atoms with Gasteiger partial charge < -0.3 is 14.8 Å². The van der Waals surface area contributed by atoms with Crippen LogP contribution >= 0.6 is 22.6 Å². The molecule has 0 aliphatic heterocycles. The minimum Gasteiger partial charge on any atom is -0.382 e. The van der Waals surface area contributed by atoms with Crippen LogP contribution in [0.5, 0.6) is 0 Å². The second kappa shape index (κ2) is 9.46. The van der Waals surface area contributed by atoms with Crippen LogP contribution in [0.25, 0.3) is 0 Å². The molecular formula is C14H24IN3O2. The lowest BCUT2D eigenvalue weighted by Crippen LogP contribution is -2.13. The summed E-state index contributed by atoms with van der Waals surface area (Å²) >= 11 is 2.32. The van der Waals surface area contributed by atoms with Gasteiger partial charge in [0.05, 0.1) is 29.1 Å². The van der Waals surface area contributed by atoms with Crippen LogP contribution in [0.2, 0.25) is 0 Å². The molecule has 1 heterocycles. The predicted molar refractivity (Wildman–Crippen MR) is 89.4 cm³/mol. The summed E-state index contributed by atoms with van der Waals surface area (Å²) < 4.78 is 11.5. The fourth-order valence-electron chi connectivity index (χ4n) is 1.70. The molecule has 1 rings (SSSR count). The third kappa shape index (κ3) is 5.49. The van der Waals surface area contributed by atoms with E-state index in [1.165, 1.54) is 0 Å². The number of nitrogens with zero attached hydrogens (tertiary/aromatic N) is 2. The SMILES string of the molecule is CCNc1nc(CCOCCOC)nc(C(C)C)c1I. The molecule has 5 nitrogen and oxygen atoms in total. The van der Waals surface area contributed by atoms with Gasteiger partial charge in [0.2, 0.25) is 0 Å². The van der Waals surface area contributed by atoms with Gasteiger partial charge in [0.15, 0.2) is 0 Å². The molecule has 1 aromatic rings. The topological polar surface area (TPSA) is 56.3 Å². The molecule has 1 N–H and O–H groups in total. The third-order valence-corrected chi connectivity index (χ3v) is 3.78. The van der Waals surface area contributed by atoms with Gasteiger partial charge in [0, 0.05) is 20.1 Å². The van der Waals surface area contributed by atoms with Gasteiger partial charge in [0.25, 0.3) is 0 Å². The van der Waals surface area contributed by atoms with E-state index in [4.69, 9.17) is 9.47 Å². The van der Waals surface area contributed by atoms with Crippen molar-refractivity contribution in [2.75, 3.05) is 38.8 Å². The first-order valence-electron chi connectivity index (χ1n) is 6.97. The van der Waals surface area contributed by atoms with Crippen LogP contribution in [0.15, 0.2) is 0 Å². The first kappa shape index (κ1) is 17.6. The molecular weight excluding hydrogens is 369 g/mol. The smallest absolute Gasteiger partial charge is 0.143 e. The fraction of sp³-hybridized carbons (Fsp3) is 0.714. The Hall–Kier alpha value is -0.470. The molecule has 0 aromatic carbocycles. The van der Waals surface area contributed by atoms with Crippen molar-refractivity contribution in [3.05, 3.63) is 15.1 Å².